The van der Waals surface area contributed by atoms with Gasteiger partial charge in [-0.2, -0.15) is 10.2 Å². The fourth-order valence-corrected chi connectivity index (χ4v) is 3.50. The average molecular weight is 419 g/mol. The maximum absolute atomic E-state index is 14.7. The van der Waals surface area contributed by atoms with Crippen molar-refractivity contribution in [3.63, 3.8) is 0 Å². The van der Waals surface area contributed by atoms with Crippen molar-refractivity contribution in [2.75, 3.05) is 10.6 Å². The van der Waals surface area contributed by atoms with E-state index in [0.29, 0.717) is 22.4 Å². The van der Waals surface area contributed by atoms with Crippen molar-refractivity contribution in [3.8, 4) is 16.5 Å². The van der Waals surface area contributed by atoms with E-state index in [-0.39, 0.29) is 17.5 Å². The molecule has 0 aliphatic carbocycles. The topological polar surface area (TPSA) is 73.6 Å². The minimum absolute atomic E-state index is 0.254. The molecule has 0 saturated heterocycles. The molecule has 0 aliphatic heterocycles. The molecule has 0 saturated carbocycles. The average Bonchev–Trinajstić information content (AvgIpc) is 3.28. The SMILES string of the molecule is Cc1cnc(Nc2ccc(C#N)cc2)nc1Nc1c(F)cc(-c2cccs2)cc1F. The van der Waals surface area contributed by atoms with Crippen LogP contribution in [0.15, 0.2) is 60.1 Å². The van der Waals surface area contributed by atoms with Gasteiger partial charge in [-0.3, -0.25) is 0 Å². The van der Waals surface area contributed by atoms with Crippen molar-refractivity contribution in [1.82, 2.24) is 9.97 Å². The van der Waals surface area contributed by atoms with Crippen molar-refractivity contribution in [2.45, 2.75) is 6.92 Å². The van der Waals surface area contributed by atoms with Gasteiger partial charge >= 0.3 is 0 Å². The summed E-state index contributed by atoms with van der Waals surface area (Å²) in [5, 5.41) is 16.5. The van der Waals surface area contributed by atoms with Crippen molar-refractivity contribution in [1.29, 1.82) is 5.26 Å². The summed E-state index contributed by atoms with van der Waals surface area (Å²) in [7, 11) is 0. The molecule has 4 rings (SSSR count). The molecule has 0 aliphatic rings. The van der Waals surface area contributed by atoms with Crippen molar-refractivity contribution < 1.29 is 8.78 Å². The number of nitriles is 1. The van der Waals surface area contributed by atoms with Crippen LogP contribution in [0.4, 0.5) is 31.9 Å². The molecule has 148 valence electrons. The molecule has 8 heteroatoms. The van der Waals surface area contributed by atoms with E-state index in [4.69, 9.17) is 5.26 Å². The summed E-state index contributed by atoms with van der Waals surface area (Å²) in [6, 6.07) is 15.0. The first kappa shape index (κ1) is 19.5. The van der Waals surface area contributed by atoms with Gasteiger partial charge < -0.3 is 10.6 Å². The van der Waals surface area contributed by atoms with Crippen LogP contribution in [0.5, 0.6) is 0 Å². The lowest BCUT2D eigenvalue weighted by molar-refractivity contribution is 0.591. The molecule has 0 bridgehead atoms. The van der Waals surface area contributed by atoms with Crippen LogP contribution < -0.4 is 10.6 Å². The highest BCUT2D eigenvalue weighted by Gasteiger charge is 2.15. The fourth-order valence-electron chi connectivity index (χ4n) is 2.78. The van der Waals surface area contributed by atoms with Gasteiger partial charge in [-0.05, 0) is 60.3 Å². The van der Waals surface area contributed by atoms with Gasteiger partial charge in [0.25, 0.3) is 0 Å². The van der Waals surface area contributed by atoms with Crippen LogP contribution in [0, 0.1) is 29.9 Å². The normalized spacial score (nSPS) is 10.5. The van der Waals surface area contributed by atoms with Crippen molar-refractivity contribution >= 4 is 34.5 Å². The second-order valence-electron chi connectivity index (χ2n) is 6.46. The summed E-state index contributed by atoms with van der Waals surface area (Å²) in [6.45, 7) is 1.74. The van der Waals surface area contributed by atoms with Gasteiger partial charge in [-0.15, -0.1) is 11.3 Å². The van der Waals surface area contributed by atoms with Gasteiger partial charge in [-0.1, -0.05) is 6.07 Å². The zero-order valence-electron chi connectivity index (χ0n) is 15.8. The second kappa shape index (κ2) is 8.27. The number of hydrogen-bond donors (Lipinski definition) is 2. The predicted molar refractivity (Wildman–Crippen MR) is 114 cm³/mol. The van der Waals surface area contributed by atoms with Crippen LogP contribution in [0.1, 0.15) is 11.1 Å². The summed E-state index contributed by atoms with van der Waals surface area (Å²) in [5.41, 5.74) is 2.04. The van der Waals surface area contributed by atoms with Crippen molar-refractivity contribution in [2.24, 2.45) is 0 Å². The Morgan fingerprint density at radius 1 is 1.03 bits per heavy atom. The number of aryl methyl sites for hydroxylation is 1. The molecule has 4 aromatic rings. The molecule has 5 nitrogen and oxygen atoms in total. The lowest BCUT2D eigenvalue weighted by atomic mass is 10.1. The lowest BCUT2D eigenvalue weighted by Crippen LogP contribution is -2.05. The fraction of sp³-hybridized carbons (Fsp3) is 0.0455. The number of benzene rings is 2. The summed E-state index contributed by atoms with van der Waals surface area (Å²) in [6.07, 6.45) is 1.55. The Hall–Kier alpha value is -3.83. The molecular weight excluding hydrogens is 404 g/mol. The van der Waals surface area contributed by atoms with Gasteiger partial charge in [0.1, 0.15) is 23.1 Å². The number of anilines is 4. The van der Waals surface area contributed by atoms with Crippen molar-refractivity contribution in [3.05, 3.63) is 82.9 Å². The Balaban J connectivity index is 1.60. The second-order valence-corrected chi connectivity index (χ2v) is 7.40. The molecule has 0 radical (unpaired) electrons. The molecule has 0 amide bonds. The van der Waals surface area contributed by atoms with E-state index in [1.54, 1.807) is 37.4 Å². The molecule has 0 unspecified atom stereocenters. The van der Waals surface area contributed by atoms with E-state index in [2.05, 4.69) is 20.6 Å². The first-order chi connectivity index (χ1) is 14.5. The van der Waals surface area contributed by atoms with Crippen LogP contribution >= 0.6 is 11.3 Å². The van der Waals surface area contributed by atoms with E-state index in [9.17, 15) is 8.78 Å². The number of aromatic nitrogens is 2. The number of rotatable bonds is 5. The highest BCUT2D eigenvalue weighted by molar-refractivity contribution is 7.13. The number of thiophene rings is 1. The first-order valence-corrected chi connectivity index (χ1v) is 9.82. The van der Waals surface area contributed by atoms with Crippen LogP contribution in [0.3, 0.4) is 0 Å². The minimum Gasteiger partial charge on any atom is -0.335 e. The van der Waals surface area contributed by atoms with E-state index in [0.717, 1.165) is 4.88 Å². The minimum atomic E-state index is -0.710. The quantitative estimate of drug-likeness (QED) is 0.406. The molecule has 2 aromatic heterocycles. The molecule has 0 atom stereocenters. The summed E-state index contributed by atoms with van der Waals surface area (Å²) >= 11 is 1.41. The molecule has 2 heterocycles. The molecule has 30 heavy (non-hydrogen) atoms. The lowest BCUT2D eigenvalue weighted by Gasteiger charge is -2.13. The third-order valence-electron chi connectivity index (χ3n) is 4.33. The van der Waals surface area contributed by atoms with Gasteiger partial charge in [0.15, 0.2) is 0 Å². The smallest absolute Gasteiger partial charge is 0.229 e. The van der Waals surface area contributed by atoms with Gasteiger partial charge in [0.05, 0.1) is 11.6 Å². The third kappa shape index (κ3) is 4.11. The molecule has 0 spiro atoms. The molecule has 2 N–H and O–H groups in total. The maximum Gasteiger partial charge on any atom is 0.229 e. The van der Waals surface area contributed by atoms with E-state index < -0.39 is 11.6 Å². The predicted octanol–water partition coefficient (Wildman–Crippen LogP) is 6.15. The van der Waals surface area contributed by atoms with Crippen LogP contribution in [0.25, 0.3) is 10.4 Å². The van der Waals surface area contributed by atoms with Gasteiger partial charge in [0, 0.05) is 22.3 Å². The summed E-state index contributed by atoms with van der Waals surface area (Å²) in [5.74, 6) is -0.886. The van der Waals surface area contributed by atoms with Gasteiger partial charge in [-0.25, -0.2) is 13.8 Å². The standard InChI is InChI=1S/C22H15F2N5S/c1-13-12-26-22(27-16-6-4-14(11-25)5-7-16)29-21(13)28-20-17(23)9-15(10-18(20)24)19-3-2-8-30-19/h2-10,12H,1H3,(H2,26,27,28,29). The summed E-state index contributed by atoms with van der Waals surface area (Å²) in [4.78, 5) is 9.31. The first-order valence-electron chi connectivity index (χ1n) is 8.94. The molecule has 2 aromatic carbocycles. The Morgan fingerprint density at radius 3 is 2.40 bits per heavy atom. The van der Waals surface area contributed by atoms with Crippen LogP contribution in [0.2, 0.25) is 0 Å². The third-order valence-corrected chi connectivity index (χ3v) is 5.25. The van der Waals surface area contributed by atoms with E-state index >= 15 is 0 Å². The molecular formula is C22H15F2N5S. The van der Waals surface area contributed by atoms with Crippen LogP contribution in [-0.2, 0) is 0 Å². The van der Waals surface area contributed by atoms with E-state index in [1.165, 1.54) is 23.5 Å². The maximum atomic E-state index is 14.7. The van der Waals surface area contributed by atoms with Gasteiger partial charge in [0.2, 0.25) is 5.95 Å². The Morgan fingerprint density at radius 2 is 1.77 bits per heavy atom. The van der Waals surface area contributed by atoms with Crippen LogP contribution in [-0.4, -0.2) is 9.97 Å². The largest absolute Gasteiger partial charge is 0.335 e. The Kier molecular flexibility index (Phi) is 5.37. The number of hydrogen-bond acceptors (Lipinski definition) is 6. The number of nitrogens with zero attached hydrogens (tertiary/aromatic N) is 3. The highest BCUT2D eigenvalue weighted by Crippen LogP contribution is 2.32. The Labute approximate surface area is 175 Å². The summed E-state index contributed by atoms with van der Waals surface area (Å²) < 4.78 is 29.3. The van der Waals surface area contributed by atoms with E-state index in [1.807, 2.05) is 23.6 Å². The zero-order valence-corrected chi connectivity index (χ0v) is 16.6. The molecule has 0 fully saturated rings. The zero-order chi connectivity index (χ0) is 21.1. The highest BCUT2D eigenvalue weighted by atomic mass is 32.1. The monoisotopic (exact) mass is 419 g/mol. The number of nitrogens with one attached hydrogen (secondary N) is 2. The Bertz CT molecular complexity index is 1210. The number of halogens is 2.